The van der Waals surface area contributed by atoms with Crippen molar-refractivity contribution in [3.05, 3.63) is 18.0 Å². The fourth-order valence-corrected chi connectivity index (χ4v) is 1.91. The first-order valence-corrected chi connectivity index (χ1v) is 6.16. The van der Waals surface area contributed by atoms with Gasteiger partial charge in [-0.2, -0.15) is 0 Å². The number of rotatable bonds is 5. The Kier molecular flexibility index (Phi) is 4.46. The van der Waals surface area contributed by atoms with E-state index in [1.165, 1.54) is 0 Å². The minimum absolute atomic E-state index is 0.00954. The molecule has 1 saturated heterocycles. The molecule has 1 aromatic rings. The number of carbonyl (C=O) groups excluding carboxylic acids is 1. The first-order valence-electron chi connectivity index (χ1n) is 6.16. The van der Waals surface area contributed by atoms with Crippen LogP contribution in [0.2, 0.25) is 0 Å². The minimum Gasteiger partial charge on any atom is -0.383 e. The Balaban J connectivity index is 1.99. The van der Waals surface area contributed by atoms with E-state index in [1.807, 2.05) is 4.90 Å². The van der Waals surface area contributed by atoms with E-state index < -0.39 is 0 Å². The van der Waals surface area contributed by atoms with Crippen LogP contribution in [0.3, 0.4) is 0 Å². The van der Waals surface area contributed by atoms with Crippen LogP contribution >= 0.6 is 0 Å². The van der Waals surface area contributed by atoms with E-state index in [0.29, 0.717) is 24.8 Å². The van der Waals surface area contributed by atoms with E-state index in [1.54, 1.807) is 19.4 Å². The third-order valence-corrected chi connectivity index (χ3v) is 2.86. The second-order valence-corrected chi connectivity index (χ2v) is 4.18. The van der Waals surface area contributed by atoms with Gasteiger partial charge < -0.3 is 15.0 Å². The maximum absolute atomic E-state index is 12.1. The van der Waals surface area contributed by atoms with Gasteiger partial charge in [-0.05, 0) is 18.9 Å². The summed E-state index contributed by atoms with van der Waals surface area (Å²) in [6.45, 7) is 2.86. The van der Waals surface area contributed by atoms with Gasteiger partial charge in [0.05, 0.1) is 6.61 Å². The maximum Gasteiger partial charge on any atom is 0.272 e. The van der Waals surface area contributed by atoms with Gasteiger partial charge in [0, 0.05) is 32.9 Å². The minimum atomic E-state index is -0.00954. The van der Waals surface area contributed by atoms with Gasteiger partial charge in [0.2, 0.25) is 5.95 Å². The van der Waals surface area contributed by atoms with E-state index in [4.69, 9.17) is 4.74 Å². The first-order chi connectivity index (χ1) is 8.81. The molecule has 2 heterocycles. The highest BCUT2D eigenvalue weighted by Gasteiger charge is 2.20. The Morgan fingerprint density at radius 3 is 3.00 bits per heavy atom. The standard InChI is InChI=1S/C12H18N4O2/c1-18-9-6-14-12-13-5-4-10(15-12)11(17)16-7-2-3-8-16/h4-5H,2-3,6-9H2,1H3,(H,13,14,15). The molecule has 0 unspecified atom stereocenters. The van der Waals surface area contributed by atoms with Gasteiger partial charge in [-0.3, -0.25) is 4.79 Å². The average molecular weight is 250 g/mol. The molecular weight excluding hydrogens is 232 g/mol. The van der Waals surface area contributed by atoms with Gasteiger partial charge in [0.15, 0.2) is 0 Å². The van der Waals surface area contributed by atoms with E-state index in [-0.39, 0.29) is 5.91 Å². The van der Waals surface area contributed by atoms with E-state index >= 15 is 0 Å². The highest BCUT2D eigenvalue weighted by atomic mass is 16.5. The van der Waals surface area contributed by atoms with Gasteiger partial charge in [0.25, 0.3) is 5.91 Å². The Morgan fingerprint density at radius 2 is 2.28 bits per heavy atom. The second-order valence-electron chi connectivity index (χ2n) is 4.18. The molecule has 0 atom stereocenters. The molecule has 1 N–H and O–H groups in total. The van der Waals surface area contributed by atoms with Crippen molar-refractivity contribution in [2.75, 3.05) is 38.7 Å². The number of hydrogen-bond acceptors (Lipinski definition) is 5. The van der Waals surface area contributed by atoms with Gasteiger partial charge in [-0.1, -0.05) is 0 Å². The third-order valence-electron chi connectivity index (χ3n) is 2.86. The van der Waals surface area contributed by atoms with E-state index in [0.717, 1.165) is 25.9 Å². The van der Waals surface area contributed by atoms with E-state index in [9.17, 15) is 4.79 Å². The van der Waals surface area contributed by atoms with Crippen LogP contribution in [0.25, 0.3) is 0 Å². The summed E-state index contributed by atoms with van der Waals surface area (Å²) in [5.74, 6) is 0.460. The zero-order chi connectivity index (χ0) is 12.8. The summed E-state index contributed by atoms with van der Waals surface area (Å²) in [7, 11) is 1.63. The summed E-state index contributed by atoms with van der Waals surface area (Å²) >= 11 is 0. The molecule has 0 aromatic carbocycles. The number of ether oxygens (including phenoxy) is 1. The summed E-state index contributed by atoms with van der Waals surface area (Å²) in [5, 5.41) is 3.01. The molecule has 0 radical (unpaired) electrons. The number of hydrogen-bond donors (Lipinski definition) is 1. The van der Waals surface area contributed by atoms with Crippen LogP contribution in [0.1, 0.15) is 23.3 Å². The zero-order valence-electron chi connectivity index (χ0n) is 10.6. The molecule has 1 aliphatic rings. The fraction of sp³-hybridized carbons (Fsp3) is 0.583. The molecule has 18 heavy (non-hydrogen) atoms. The third kappa shape index (κ3) is 3.16. The van der Waals surface area contributed by atoms with Crippen LogP contribution in [0.15, 0.2) is 12.3 Å². The number of methoxy groups -OCH3 is 1. The number of carbonyl (C=O) groups is 1. The molecule has 0 aliphatic carbocycles. The Bertz CT molecular complexity index is 405. The predicted octanol–water partition coefficient (Wildman–Crippen LogP) is 0.771. The smallest absolute Gasteiger partial charge is 0.272 e. The quantitative estimate of drug-likeness (QED) is 0.782. The van der Waals surface area contributed by atoms with Crippen LogP contribution in [-0.4, -0.2) is 54.1 Å². The number of amides is 1. The van der Waals surface area contributed by atoms with Crippen LogP contribution in [-0.2, 0) is 4.74 Å². The molecule has 0 spiro atoms. The van der Waals surface area contributed by atoms with Crippen molar-refractivity contribution in [2.45, 2.75) is 12.8 Å². The second kappa shape index (κ2) is 6.30. The monoisotopic (exact) mass is 250 g/mol. The molecule has 1 fully saturated rings. The van der Waals surface area contributed by atoms with Crippen molar-refractivity contribution < 1.29 is 9.53 Å². The topological polar surface area (TPSA) is 67.3 Å². The number of nitrogens with one attached hydrogen (secondary N) is 1. The largest absolute Gasteiger partial charge is 0.383 e. The highest BCUT2D eigenvalue weighted by Crippen LogP contribution is 2.12. The van der Waals surface area contributed by atoms with Crippen LogP contribution < -0.4 is 5.32 Å². The number of anilines is 1. The molecule has 2 rings (SSSR count). The molecule has 6 heteroatoms. The number of likely N-dealkylation sites (tertiary alicyclic amines) is 1. The molecule has 98 valence electrons. The van der Waals surface area contributed by atoms with Crippen LogP contribution in [0.4, 0.5) is 5.95 Å². The lowest BCUT2D eigenvalue weighted by molar-refractivity contribution is 0.0787. The molecule has 1 aromatic heterocycles. The lowest BCUT2D eigenvalue weighted by atomic mass is 10.3. The Labute approximate surface area is 106 Å². The van der Waals surface area contributed by atoms with Gasteiger partial charge in [-0.25, -0.2) is 9.97 Å². The normalized spacial score (nSPS) is 14.8. The number of aromatic nitrogens is 2. The average Bonchev–Trinajstić information content (AvgIpc) is 2.92. The molecule has 0 bridgehead atoms. The van der Waals surface area contributed by atoms with Crippen molar-refractivity contribution in [2.24, 2.45) is 0 Å². The molecule has 6 nitrogen and oxygen atoms in total. The zero-order valence-corrected chi connectivity index (χ0v) is 10.6. The first kappa shape index (κ1) is 12.8. The summed E-state index contributed by atoms with van der Waals surface area (Å²) in [4.78, 5) is 22.2. The lowest BCUT2D eigenvalue weighted by Gasteiger charge is -2.14. The Morgan fingerprint density at radius 1 is 1.50 bits per heavy atom. The summed E-state index contributed by atoms with van der Waals surface area (Å²) < 4.78 is 4.93. The lowest BCUT2D eigenvalue weighted by Crippen LogP contribution is -2.28. The summed E-state index contributed by atoms with van der Waals surface area (Å²) in [5.41, 5.74) is 0.451. The van der Waals surface area contributed by atoms with Crippen molar-refractivity contribution in [1.29, 1.82) is 0 Å². The van der Waals surface area contributed by atoms with Crippen molar-refractivity contribution in [1.82, 2.24) is 14.9 Å². The summed E-state index contributed by atoms with van der Waals surface area (Å²) in [6.07, 6.45) is 3.76. The molecular formula is C12H18N4O2. The van der Waals surface area contributed by atoms with Crippen molar-refractivity contribution >= 4 is 11.9 Å². The maximum atomic E-state index is 12.1. The Hall–Kier alpha value is -1.69. The van der Waals surface area contributed by atoms with Crippen molar-refractivity contribution in [3.8, 4) is 0 Å². The number of nitrogens with zero attached hydrogens (tertiary/aromatic N) is 3. The molecule has 1 aliphatic heterocycles. The van der Waals surface area contributed by atoms with Gasteiger partial charge >= 0.3 is 0 Å². The predicted molar refractivity (Wildman–Crippen MR) is 67.5 cm³/mol. The summed E-state index contributed by atoms with van der Waals surface area (Å²) in [6, 6.07) is 1.65. The van der Waals surface area contributed by atoms with Crippen molar-refractivity contribution in [3.63, 3.8) is 0 Å². The van der Waals surface area contributed by atoms with Crippen LogP contribution in [0, 0.1) is 0 Å². The van der Waals surface area contributed by atoms with E-state index in [2.05, 4.69) is 15.3 Å². The molecule has 0 saturated carbocycles. The highest BCUT2D eigenvalue weighted by molar-refractivity contribution is 5.92. The van der Waals surface area contributed by atoms with Gasteiger partial charge in [-0.15, -0.1) is 0 Å². The molecule has 1 amide bonds. The van der Waals surface area contributed by atoms with Crippen LogP contribution in [0.5, 0.6) is 0 Å². The SMILES string of the molecule is COCCNc1nccc(C(=O)N2CCCC2)n1. The van der Waals surface area contributed by atoms with Gasteiger partial charge in [0.1, 0.15) is 5.69 Å². The fourth-order valence-electron chi connectivity index (χ4n) is 1.91.